The van der Waals surface area contributed by atoms with E-state index in [2.05, 4.69) is 10.2 Å². The second kappa shape index (κ2) is 10.4. The van der Waals surface area contributed by atoms with E-state index in [4.69, 9.17) is 16.3 Å². The van der Waals surface area contributed by atoms with Crippen molar-refractivity contribution >= 4 is 34.8 Å². The zero-order valence-corrected chi connectivity index (χ0v) is 19.2. The Kier molecular flexibility index (Phi) is 7.15. The smallest absolute Gasteiger partial charge is 0.262 e. The molecule has 7 heteroatoms. The van der Waals surface area contributed by atoms with Gasteiger partial charge in [0.15, 0.2) is 6.61 Å². The lowest BCUT2D eigenvalue weighted by atomic mass is 10.1. The maximum absolute atomic E-state index is 12.7. The van der Waals surface area contributed by atoms with E-state index in [0.29, 0.717) is 35.1 Å². The van der Waals surface area contributed by atoms with Crippen molar-refractivity contribution in [3.8, 4) is 5.75 Å². The molecule has 4 rings (SSSR count). The number of aryl methyl sites for hydroxylation is 1. The minimum Gasteiger partial charge on any atom is -0.484 e. The third kappa shape index (κ3) is 6.05. The topological polar surface area (TPSA) is 61.9 Å². The predicted molar refractivity (Wildman–Crippen MR) is 131 cm³/mol. The first-order chi connectivity index (χ1) is 16.0. The lowest BCUT2D eigenvalue weighted by molar-refractivity contribution is -0.118. The van der Waals surface area contributed by atoms with E-state index >= 15 is 0 Å². The molecule has 0 bridgehead atoms. The van der Waals surface area contributed by atoms with Crippen LogP contribution < -0.4 is 15.0 Å². The average molecular weight is 464 g/mol. The van der Waals surface area contributed by atoms with Gasteiger partial charge in [-0.1, -0.05) is 23.7 Å². The summed E-state index contributed by atoms with van der Waals surface area (Å²) in [5.41, 5.74) is 3.51. The van der Waals surface area contributed by atoms with Crippen molar-refractivity contribution in [2.45, 2.75) is 6.92 Å². The molecular weight excluding hydrogens is 438 g/mol. The molecule has 1 saturated heterocycles. The van der Waals surface area contributed by atoms with Crippen LogP contribution in [-0.2, 0) is 4.79 Å². The van der Waals surface area contributed by atoms with E-state index in [0.717, 1.165) is 24.3 Å². The van der Waals surface area contributed by atoms with Crippen LogP contribution in [0.15, 0.2) is 72.8 Å². The van der Waals surface area contributed by atoms with Crippen LogP contribution in [0.2, 0.25) is 5.02 Å². The molecule has 3 aromatic carbocycles. The standard InChI is InChI=1S/C26H26ClN3O3/c1-19-3-2-4-24(17-19)33-18-25(31)28-22-9-11-23(12-10-22)29-13-15-30(16-14-29)26(32)20-5-7-21(27)8-6-20/h2-12,17H,13-16,18H2,1H3,(H,28,31). The van der Waals surface area contributed by atoms with E-state index in [9.17, 15) is 9.59 Å². The van der Waals surface area contributed by atoms with Gasteiger partial charge in [0.1, 0.15) is 5.75 Å². The Bertz CT molecular complexity index is 1110. The summed E-state index contributed by atoms with van der Waals surface area (Å²) in [6.07, 6.45) is 0. The number of nitrogens with one attached hydrogen (secondary N) is 1. The minimum atomic E-state index is -0.210. The van der Waals surface area contributed by atoms with E-state index in [-0.39, 0.29) is 18.4 Å². The molecule has 2 amide bonds. The number of halogens is 1. The Hall–Kier alpha value is -3.51. The molecule has 0 saturated carbocycles. The fourth-order valence-corrected chi connectivity index (χ4v) is 3.88. The Labute approximate surface area is 198 Å². The van der Waals surface area contributed by atoms with Gasteiger partial charge in [0, 0.05) is 48.1 Å². The Morgan fingerprint density at radius 2 is 1.64 bits per heavy atom. The molecule has 1 N–H and O–H groups in total. The summed E-state index contributed by atoms with van der Waals surface area (Å²) in [4.78, 5) is 29.0. The first kappa shape index (κ1) is 22.7. The van der Waals surface area contributed by atoms with E-state index in [1.165, 1.54) is 0 Å². The molecule has 0 atom stereocenters. The van der Waals surface area contributed by atoms with Gasteiger partial charge in [0.25, 0.3) is 11.8 Å². The molecule has 0 aromatic heterocycles. The molecule has 33 heavy (non-hydrogen) atoms. The summed E-state index contributed by atoms with van der Waals surface area (Å²) in [7, 11) is 0. The summed E-state index contributed by atoms with van der Waals surface area (Å²) in [6.45, 7) is 4.72. The molecule has 1 aliphatic heterocycles. The zero-order valence-electron chi connectivity index (χ0n) is 18.5. The van der Waals surface area contributed by atoms with Crippen molar-refractivity contribution in [2.75, 3.05) is 43.0 Å². The molecule has 0 radical (unpaired) electrons. The van der Waals surface area contributed by atoms with E-state index in [1.807, 2.05) is 60.4 Å². The summed E-state index contributed by atoms with van der Waals surface area (Å²) in [5, 5.41) is 3.48. The van der Waals surface area contributed by atoms with Crippen molar-refractivity contribution in [3.63, 3.8) is 0 Å². The maximum atomic E-state index is 12.7. The summed E-state index contributed by atoms with van der Waals surface area (Å²) in [5.74, 6) is 0.491. The van der Waals surface area contributed by atoms with Crippen molar-refractivity contribution in [1.29, 1.82) is 0 Å². The van der Waals surface area contributed by atoms with Crippen LogP contribution in [0.1, 0.15) is 15.9 Å². The third-order valence-electron chi connectivity index (χ3n) is 5.53. The van der Waals surface area contributed by atoms with E-state index in [1.54, 1.807) is 24.3 Å². The van der Waals surface area contributed by atoms with Crippen LogP contribution in [-0.4, -0.2) is 49.5 Å². The molecule has 0 spiro atoms. The highest BCUT2D eigenvalue weighted by Gasteiger charge is 2.22. The molecule has 6 nitrogen and oxygen atoms in total. The van der Waals surface area contributed by atoms with Crippen LogP contribution in [0, 0.1) is 6.92 Å². The van der Waals surface area contributed by atoms with Gasteiger partial charge >= 0.3 is 0 Å². The number of amides is 2. The number of rotatable bonds is 6. The number of hydrogen-bond donors (Lipinski definition) is 1. The number of carbonyl (C=O) groups is 2. The van der Waals surface area contributed by atoms with Crippen molar-refractivity contribution in [1.82, 2.24) is 4.90 Å². The zero-order chi connectivity index (χ0) is 23.2. The lowest BCUT2D eigenvalue weighted by Crippen LogP contribution is -2.48. The molecular formula is C26H26ClN3O3. The van der Waals surface area contributed by atoms with Crippen molar-refractivity contribution < 1.29 is 14.3 Å². The van der Waals surface area contributed by atoms with Crippen molar-refractivity contribution in [2.24, 2.45) is 0 Å². The lowest BCUT2D eigenvalue weighted by Gasteiger charge is -2.36. The highest BCUT2D eigenvalue weighted by atomic mass is 35.5. The van der Waals surface area contributed by atoms with Gasteiger partial charge in [-0.2, -0.15) is 0 Å². The first-order valence-electron chi connectivity index (χ1n) is 10.9. The summed E-state index contributed by atoms with van der Waals surface area (Å²) >= 11 is 5.91. The summed E-state index contributed by atoms with van der Waals surface area (Å²) in [6, 6.07) is 22.3. The van der Waals surface area contributed by atoms with E-state index < -0.39 is 0 Å². The highest BCUT2D eigenvalue weighted by molar-refractivity contribution is 6.30. The highest BCUT2D eigenvalue weighted by Crippen LogP contribution is 2.21. The SMILES string of the molecule is Cc1cccc(OCC(=O)Nc2ccc(N3CCN(C(=O)c4ccc(Cl)cc4)CC3)cc2)c1. The number of anilines is 2. The monoisotopic (exact) mass is 463 g/mol. The van der Waals surface area contributed by atoms with Gasteiger partial charge in [0.05, 0.1) is 0 Å². The predicted octanol–water partition coefficient (Wildman–Crippen LogP) is 4.63. The number of piperazine rings is 1. The molecule has 1 fully saturated rings. The van der Waals surface area contributed by atoms with Crippen LogP contribution in [0.5, 0.6) is 5.75 Å². The largest absolute Gasteiger partial charge is 0.484 e. The van der Waals surface area contributed by atoms with Gasteiger partial charge < -0.3 is 19.9 Å². The average Bonchev–Trinajstić information content (AvgIpc) is 2.83. The quantitative estimate of drug-likeness (QED) is 0.579. The van der Waals surface area contributed by atoms with Gasteiger partial charge in [0.2, 0.25) is 0 Å². The van der Waals surface area contributed by atoms with Gasteiger partial charge in [-0.3, -0.25) is 9.59 Å². The Balaban J connectivity index is 1.26. The van der Waals surface area contributed by atoms with Crippen molar-refractivity contribution in [3.05, 3.63) is 88.9 Å². The molecule has 1 heterocycles. The van der Waals surface area contributed by atoms with Gasteiger partial charge in [-0.25, -0.2) is 0 Å². The second-order valence-corrected chi connectivity index (χ2v) is 8.42. The fourth-order valence-electron chi connectivity index (χ4n) is 3.75. The number of carbonyl (C=O) groups excluding carboxylic acids is 2. The Morgan fingerprint density at radius 3 is 2.30 bits per heavy atom. The van der Waals surface area contributed by atoms with Gasteiger partial charge in [-0.15, -0.1) is 0 Å². The van der Waals surface area contributed by atoms with Crippen LogP contribution >= 0.6 is 11.6 Å². The second-order valence-electron chi connectivity index (χ2n) is 7.99. The number of ether oxygens (including phenoxy) is 1. The molecule has 170 valence electrons. The van der Waals surface area contributed by atoms with Crippen LogP contribution in [0.3, 0.4) is 0 Å². The minimum absolute atomic E-state index is 0.0252. The Morgan fingerprint density at radius 1 is 0.939 bits per heavy atom. The van der Waals surface area contributed by atoms with Gasteiger partial charge in [-0.05, 0) is 73.2 Å². The molecule has 0 unspecified atom stereocenters. The third-order valence-corrected chi connectivity index (χ3v) is 5.79. The first-order valence-corrected chi connectivity index (χ1v) is 11.2. The molecule has 1 aliphatic rings. The molecule has 3 aromatic rings. The normalized spacial score (nSPS) is 13.5. The summed E-state index contributed by atoms with van der Waals surface area (Å²) < 4.78 is 5.55. The number of benzene rings is 3. The number of nitrogens with zero attached hydrogens (tertiary/aromatic N) is 2. The van der Waals surface area contributed by atoms with Crippen LogP contribution in [0.4, 0.5) is 11.4 Å². The number of hydrogen-bond acceptors (Lipinski definition) is 4. The maximum Gasteiger partial charge on any atom is 0.262 e. The fraction of sp³-hybridized carbons (Fsp3) is 0.231. The molecule has 0 aliphatic carbocycles. The van der Waals surface area contributed by atoms with Crippen LogP contribution in [0.25, 0.3) is 0 Å².